The molecule has 11 fully saturated rings. The van der Waals surface area contributed by atoms with Crippen LogP contribution < -0.4 is 0 Å². The molecule has 4 aliphatic carbocycles. The van der Waals surface area contributed by atoms with Gasteiger partial charge in [-0.2, -0.15) is 0 Å². The van der Waals surface area contributed by atoms with E-state index in [0.29, 0.717) is 43.5 Å². The van der Waals surface area contributed by atoms with Gasteiger partial charge in [0, 0.05) is 30.1 Å². The van der Waals surface area contributed by atoms with Crippen LogP contribution in [0.3, 0.4) is 0 Å². The standard InChI is InChI=1S/C56H90O28/c1-21-7-10-56(74-18-21)22(2)34-28(84-56)12-27-25-6-5-23-11-24(8-9-53(23,3)26(25)13-33(62)54(27,34)4)75-48-41(69)38(66)43(31(16-59)78-48)80-51-46(83-49-40(68)37(65)35(63)29(14-57)76-49)45(36(64)30(15-58)77-51)82-50-42(70)39(67)44(32(17-60)79-50)81-52-47(71)55(72,19-61)20-73-52/h21-32,34-52,57-61,63-72H,5-20H2,1-4H3/t21-,22+,23+,24+,25-,26+,27+,28+,29-,30-,31-,32-,34+,35-,36-,37+,38-,39-,40-,41-,42-,43+,44-,45+,46-,47+,48-,49+,50+,51+,52+,53+,54-,55-,56-/m1/s1. The van der Waals surface area contributed by atoms with Crippen molar-refractivity contribution in [1.82, 2.24) is 0 Å². The van der Waals surface area contributed by atoms with Crippen LogP contribution in [0.2, 0.25) is 0 Å². The van der Waals surface area contributed by atoms with E-state index in [1.54, 1.807) is 0 Å². The number of carbonyl (C=O) groups excluding carboxylic acids is 1. The average molecular weight is 1210 g/mol. The summed E-state index contributed by atoms with van der Waals surface area (Å²) in [6, 6.07) is 0. The fourth-order valence-electron chi connectivity index (χ4n) is 17.1. The molecule has 0 radical (unpaired) electrons. The SMILES string of the molecule is C[C@@H]1CC[C@@]2(OC1)O[C@H]1C[C@H]3[C@@H]4CC[C@H]5C[C@@H](O[C@@H]6O[C@H](CO)[C@H](O[C@@H]7O[C@H](CO)[C@@H](O)[C@H](O[C@@H]8O[C@H](CO)[C@@H](O[C@@H]9OC[C@](O)(CO)[C@H]9O)[C@H](O)[C@H]8O)[C@H]7O[C@@H]7O[C@H](CO)[C@@H](O)[C@H](O)[C@H]7O)[C@H](O)[C@H]6O)CC[C@]5(C)[C@H]4CC(=O)[C@]3(C)[C@H]1[C@@H]2C. The molecule has 0 unspecified atom stereocenters. The molecule has 28 nitrogen and oxygen atoms in total. The summed E-state index contributed by atoms with van der Waals surface area (Å²) in [6.45, 7) is 4.31. The zero-order valence-corrected chi connectivity index (χ0v) is 47.7. The molecule has 1 spiro atoms. The maximum absolute atomic E-state index is 14.8. The van der Waals surface area contributed by atoms with E-state index in [-0.39, 0.29) is 41.1 Å². The van der Waals surface area contributed by atoms with Gasteiger partial charge in [0.1, 0.15) is 115 Å². The molecule has 0 bridgehead atoms. The summed E-state index contributed by atoms with van der Waals surface area (Å²) in [5, 5.41) is 164. The van der Waals surface area contributed by atoms with Crippen LogP contribution in [-0.4, -0.2) is 287 Å². The molecule has 7 heterocycles. The zero-order chi connectivity index (χ0) is 60.3. The Kier molecular flexibility index (Phi) is 18.8. The molecule has 35 atom stereocenters. The summed E-state index contributed by atoms with van der Waals surface area (Å²) in [7, 11) is 0. The molecule has 4 saturated carbocycles. The molecule has 7 saturated heterocycles. The smallest absolute Gasteiger partial charge is 0.187 e. The number of hydrogen-bond donors (Lipinski definition) is 15. The molecule has 11 rings (SSSR count). The Morgan fingerprint density at radius 1 is 0.560 bits per heavy atom. The van der Waals surface area contributed by atoms with Gasteiger partial charge in [-0.3, -0.25) is 4.79 Å². The lowest BCUT2D eigenvalue weighted by atomic mass is 9.44. The summed E-state index contributed by atoms with van der Waals surface area (Å²) in [5.74, 6) is 1.15. The van der Waals surface area contributed by atoms with Crippen molar-refractivity contribution in [1.29, 1.82) is 0 Å². The van der Waals surface area contributed by atoms with Gasteiger partial charge in [-0.1, -0.05) is 27.7 Å². The highest BCUT2D eigenvalue weighted by molar-refractivity contribution is 5.87. The number of rotatable bonds is 15. The van der Waals surface area contributed by atoms with Crippen LogP contribution in [0.5, 0.6) is 0 Å². The number of aliphatic hydroxyl groups excluding tert-OH is 14. The molecular formula is C56H90O28. The first-order valence-corrected chi connectivity index (χ1v) is 30.2. The first-order chi connectivity index (χ1) is 39.9. The largest absolute Gasteiger partial charge is 0.394 e. The fraction of sp³-hybridized carbons (Fsp3) is 0.982. The molecule has 0 amide bonds. The number of fused-ring (bicyclic) bond motifs is 7. The van der Waals surface area contributed by atoms with E-state index in [9.17, 15) is 81.4 Å². The normalized spacial score (nSPS) is 56.7. The molecule has 15 N–H and O–H groups in total. The van der Waals surface area contributed by atoms with Crippen molar-refractivity contribution < 1.29 is 138 Å². The second-order valence-corrected chi connectivity index (χ2v) is 26.7. The van der Waals surface area contributed by atoms with Gasteiger partial charge in [0.15, 0.2) is 37.2 Å². The highest BCUT2D eigenvalue weighted by Crippen LogP contribution is 2.70. The maximum Gasteiger partial charge on any atom is 0.187 e. The van der Waals surface area contributed by atoms with Crippen LogP contribution in [0.25, 0.3) is 0 Å². The third kappa shape index (κ3) is 10.8. The Morgan fingerprint density at radius 3 is 1.71 bits per heavy atom. The third-order valence-corrected chi connectivity index (χ3v) is 22.1. The van der Waals surface area contributed by atoms with Crippen molar-refractivity contribution in [2.75, 3.05) is 46.2 Å². The van der Waals surface area contributed by atoms with Crippen LogP contribution in [0.1, 0.15) is 85.5 Å². The lowest BCUT2D eigenvalue weighted by molar-refractivity contribution is -0.408. The Balaban J connectivity index is 0.778. The Morgan fingerprint density at radius 2 is 1.12 bits per heavy atom. The molecule has 84 heavy (non-hydrogen) atoms. The Labute approximate surface area is 485 Å². The molecule has 7 aliphatic heterocycles. The van der Waals surface area contributed by atoms with Crippen LogP contribution in [-0.2, 0) is 61.6 Å². The van der Waals surface area contributed by atoms with Crippen molar-refractivity contribution >= 4 is 5.78 Å². The minimum Gasteiger partial charge on any atom is -0.394 e. The predicted octanol–water partition coefficient (Wildman–Crippen LogP) is -5.27. The van der Waals surface area contributed by atoms with Gasteiger partial charge in [-0.15, -0.1) is 0 Å². The minimum atomic E-state index is -2.16. The molecule has 11 aliphatic rings. The highest BCUT2D eigenvalue weighted by Gasteiger charge is 2.72. The van der Waals surface area contributed by atoms with Gasteiger partial charge in [0.05, 0.1) is 58.5 Å². The Hall–Kier alpha value is -1.41. The monoisotopic (exact) mass is 1210 g/mol. The van der Waals surface area contributed by atoms with Crippen LogP contribution in [0, 0.1) is 52.3 Å². The first-order valence-electron chi connectivity index (χ1n) is 30.2. The number of hydrogen-bond acceptors (Lipinski definition) is 28. The lowest BCUT2D eigenvalue weighted by Gasteiger charge is -2.60. The third-order valence-electron chi connectivity index (χ3n) is 22.1. The first kappa shape index (κ1) is 64.1. The summed E-state index contributed by atoms with van der Waals surface area (Å²) in [5.41, 5.74) is -2.86. The lowest BCUT2D eigenvalue weighted by Crippen LogP contribution is -2.69. The van der Waals surface area contributed by atoms with Crippen molar-refractivity contribution in [3.63, 3.8) is 0 Å². The van der Waals surface area contributed by atoms with Gasteiger partial charge < -0.3 is 133 Å². The number of aliphatic hydroxyl groups is 15. The van der Waals surface area contributed by atoms with Crippen molar-refractivity contribution in [3.8, 4) is 0 Å². The number of ketones is 1. The maximum atomic E-state index is 14.8. The number of carbonyl (C=O) groups is 1. The van der Waals surface area contributed by atoms with Gasteiger partial charge in [-0.05, 0) is 80.0 Å². The fourth-order valence-corrected chi connectivity index (χ4v) is 17.1. The minimum absolute atomic E-state index is 0.0369. The van der Waals surface area contributed by atoms with Crippen molar-refractivity contribution in [3.05, 3.63) is 0 Å². The van der Waals surface area contributed by atoms with Crippen molar-refractivity contribution in [2.24, 2.45) is 52.3 Å². The van der Waals surface area contributed by atoms with E-state index >= 15 is 0 Å². The molecule has 0 aromatic carbocycles. The van der Waals surface area contributed by atoms with Gasteiger partial charge in [-0.25, -0.2) is 0 Å². The summed E-state index contributed by atoms with van der Waals surface area (Å²) < 4.78 is 72.9. The predicted molar refractivity (Wildman–Crippen MR) is 275 cm³/mol. The molecule has 0 aromatic rings. The van der Waals surface area contributed by atoms with E-state index in [0.717, 1.165) is 38.5 Å². The van der Waals surface area contributed by atoms with Crippen LogP contribution >= 0.6 is 0 Å². The summed E-state index contributed by atoms with van der Waals surface area (Å²) in [6.07, 6.45) is -34.8. The average Bonchev–Trinajstić information content (AvgIpc) is 1.61. The van der Waals surface area contributed by atoms with Crippen LogP contribution in [0.4, 0.5) is 0 Å². The van der Waals surface area contributed by atoms with Crippen LogP contribution in [0.15, 0.2) is 0 Å². The zero-order valence-electron chi connectivity index (χ0n) is 47.7. The van der Waals surface area contributed by atoms with E-state index in [1.807, 2.05) is 0 Å². The highest BCUT2D eigenvalue weighted by atomic mass is 16.8. The summed E-state index contributed by atoms with van der Waals surface area (Å²) >= 11 is 0. The number of ether oxygens (including phenoxy) is 12. The van der Waals surface area contributed by atoms with E-state index in [2.05, 4.69) is 27.7 Å². The van der Waals surface area contributed by atoms with Crippen molar-refractivity contribution in [2.45, 2.75) is 244 Å². The molecular weight excluding hydrogens is 1120 g/mol. The van der Waals surface area contributed by atoms with E-state index < -0.39 is 198 Å². The molecule has 28 heteroatoms. The number of Topliss-reactive ketones (excluding diaryl/α,β-unsaturated/α-hetero) is 1. The van der Waals surface area contributed by atoms with Gasteiger partial charge >= 0.3 is 0 Å². The van der Waals surface area contributed by atoms with Gasteiger partial charge in [0.25, 0.3) is 0 Å². The molecule has 482 valence electrons. The summed E-state index contributed by atoms with van der Waals surface area (Å²) in [4.78, 5) is 14.8. The molecule has 0 aromatic heterocycles. The Bertz CT molecular complexity index is 2240. The quantitative estimate of drug-likeness (QED) is 0.0681. The second kappa shape index (κ2) is 24.7. The second-order valence-electron chi connectivity index (χ2n) is 26.7. The van der Waals surface area contributed by atoms with E-state index in [1.165, 1.54) is 0 Å². The van der Waals surface area contributed by atoms with E-state index in [4.69, 9.17) is 56.8 Å². The van der Waals surface area contributed by atoms with Gasteiger partial charge in [0.2, 0.25) is 0 Å². The topological polar surface area (TPSA) is 431 Å².